The molecule has 1 amide bonds. The van der Waals surface area contributed by atoms with E-state index in [2.05, 4.69) is 12.2 Å². The van der Waals surface area contributed by atoms with Gasteiger partial charge >= 0.3 is 0 Å². The summed E-state index contributed by atoms with van der Waals surface area (Å²) in [6, 6.07) is 7.81. The summed E-state index contributed by atoms with van der Waals surface area (Å²) in [6.45, 7) is 4.19. The van der Waals surface area contributed by atoms with E-state index >= 15 is 0 Å². The summed E-state index contributed by atoms with van der Waals surface area (Å²) in [5.41, 5.74) is 1.83. The minimum atomic E-state index is 0.00853. The quantitative estimate of drug-likeness (QED) is 0.840. The lowest BCUT2D eigenvalue weighted by atomic mass is 9.86. The minimum absolute atomic E-state index is 0.00853. The first kappa shape index (κ1) is 15.7. The Labute approximate surface area is 127 Å². The summed E-state index contributed by atoms with van der Waals surface area (Å²) < 4.78 is 0. The highest BCUT2D eigenvalue weighted by molar-refractivity contribution is 5.97. The maximum atomic E-state index is 12.0. The molecule has 0 heterocycles. The van der Waals surface area contributed by atoms with Crippen LogP contribution in [0.2, 0.25) is 0 Å². The van der Waals surface area contributed by atoms with Gasteiger partial charge in [-0.05, 0) is 25.7 Å². The molecule has 0 radical (unpaired) electrons. The van der Waals surface area contributed by atoms with Crippen LogP contribution in [0.3, 0.4) is 0 Å². The Morgan fingerprint density at radius 3 is 2.43 bits per heavy atom. The topological polar surface area (TPSA) is 46.2 Å². The third-order valence-electron chi connectivity index (χ3n) is 4.41. The average Bonchev–Trinajstić information content (AvgIpc) is 2.48. The molecule has 2 atom stereocenters. The second-order valence-corrected chi connectivity index (χ2v) is 6.22. The van der Waals surface area contributed by atoms with Crippen LogP contribution in [0, 0.1) is 12.8 Å². The summed E-state index contributed by atoms with van der Waals surface area (Å²) in [5.74, 6) is 0.603. The van der Waals surface area contributed by atoms with Gasteiger partial charge in [0.15, 0.2) is 5.78 Å². The van der Waals surface area contributed by atoms with E-state index in [1.165, 1.54) is 19.3 Å². The van der Waals surface area contributed by atoms with Crippen LogP contribution < -0.4 is 5.32 Å². The van der Waals surface area contributed by atoms with Crippen molar-refractivity contribution in [1.82, 2.24) is 5.32 Å². The number of hydrogen-bond acceptors (Lipinski definition) is 2. The zero-order valence-corrected chi connectivity index (χ0v) is 13.0. The number of benzene rings is 1. The zero-order chi connectivity index (χ0) is 15.2. The minimum Gasteiger partial charge on any atom is -0.353 e. The molecule has 2 rings (SSSR count). The van der Waals surface area contributed by atoms with Gasteiger partial charge in [-0.3, -0.25) is 9.59 Å². The third-order valence-corrected chi connectivity index (χ3v) is 4.41. The summed E-state index contributed by atoms with van der Waals surface area (Å²) in [4.78, 5) is 24.0. The second-order valence-electron chi connectivity index (χ2n) is 6.22. The number of rotatable bonds is 5. The van der Waals surface area contributed by atoms with Crippen molar-refractivity contribution in [3.8, 4) is 0 Å². The van der Waals surface area contributed by atoms with Gasteiger partial charge in [0.05, 0.1) is 0 Å². The van der Waals surface area contributed by atoms with E-state index in [4.69, 9.17) is 0 Å². The normalized spacial score (nSPS) is 21.8. The van der Waals surface area contributed by atoms with E-state index in [9.17, 15) is 9.59 Å². The van der Waals surface area contributed by atoms with E-state index in [1.807, 2.05) is 31.2 Å². The number of carbonyl (C=O) groups excluding carboxylic acids is 2. The molecule has 0 saturated heterocycles. The van der Waals surface area contributed by atoms with Crippen LogP contribution in [-0.2, 0) is 4.79 Å². The smallest absolute Gasteiger partial charge is 0.220 e. The molecule has 21 heavy (non-hydrogen) atoms. The Hall–Kier alpha value is -1.64. The van der Waals surface area contributed by atoms with Gasteiger partial charge in [-0.15, -0.1) is 0 Å². The van der Waals surface area contributed by atoms with Crippen molar-refractivity contribution in [2.24, 2.45) is 5.92 Å². The van der Waals surface area contributed by atoms with Crippen LogP contribution in [0.25, 0.3) is 0 Å². The van der Waals surface area contributed by atoms with Crippen molar-refractivity contribution < 1.29 is 9.59 Å². The Morgan fingerprint density at radius 1 is 1.10 bits per heavy atom. The molecule has 0 bridgehead atoms. The van der Waals surface area contributed by atoms with Gasteiger partial charge in [0, 0.05) is 24.4 Å². The molecule has 114 valence electrons. The number of amides is 1. The fourth-order valence-electron chi connectivity index (χ4n) is 2.92. The largest absolute Gasteiger partial charge is 0.353 e. The first-order valence-electron chi connectivity index (χ1n) is 7.95. The van der Waals surface area contributed by atoms with E-state index in [0.717, 1.165) is 12.0 Å². The first-order valence-corrected chi connectivity index (χ1v) is 7.95. The van der Waals surface area contributed by atoms with E-state index < -0.39 is 0 Å². The summed E-state index contributed by atoms with van der Waals surface area (Å²) in [6.07, 6.45) is 5.29. The number of Topliss-reactive ketones (excluding diaryl/α,β-unsaturated/α-hetero) is 1. The fraction of sp³-hybridized carbons (Fsp3) is 0.556. The molecule has 0 aromatic heterocycles. The molecular weight excluding hydrogens is 262 g/mol. The van der Waals surface area contributed by atoms with Crippen LogP contribution in [0.15, 0.2) is 24.3 Å². The molecular formula is C18H25NO2. The molecule has 1 aromatic rings. The van der Waals surface area contributed by atoms with Crippen molar-refractivity contribution in [3.05, 3.63) is 35.4 Å². The molecule has 1 fully saturated rings. The Bertz CT molecular complexity index is 492. The van der Waals surface area contributed by atoms with Crippen LogP contribution >= 0.6 is 0 Å². The van der Waals surface area contributed by atoms with Crippen LogP contribution in [0.5, 0.6) is 0 Å². The van der Waals surface area contributed by atoms with Gasteiger partial charge < -0.3 is 5.32 Å². The summed E-state index contributed by atoms with van der Waals surface area (Å²) in [7, 11) is 0. The molecule has 3 nitrogen and oxygen atoms in total. The van der Waals surface area contributed by atoms with Gasteiger partial charge in [-0.1, -0.05) is 49.6 Å². The number of hydrogen-bond donors (Lipinski definition) is 1. The summed E-state index contributed by atoms with van der Waals surface area (Å²) in [5, 5.41) is 3.09. The van der Waals surface area contributed by atoms with Gasteiger partial charge in [0.1, 0.15) is 0 Å². The van der Waals surface area contributed by atoms with Crippen molar-refractivity contribution >= 4 is 11.7 Å². The molecule has 1 aliphatic carbocycles. The lowest BCUT2D eigenvalue weighted by Gasteiger charge is -2.29. The van der Waals surface area contributed by atoms with Gasteiger partial charge in [0.2, 0.25) is 5.91 Å². The molecule has 2 unspecified atom stereocenters. The molecule has 3 heteroatoms. The fourth-order valence-corrected chi connectivity index (χ4v) is 2.92. The number of aryl methyl sites for hydroxylation is 1. The average molecular weight is 287 g/mol. The SMILES string of the molecule is Cc1ccc(C(=O)CCC(=O)NC2CCCCC2C)cc1. The Balaban J connectivity index is 1.78. The number of carbonyl (C=O) groups is 2. The maximum absolute atomic E-state index is 12.0. The van der Waals surface area contributed by atoms with Gasteiger partial charge in [-0.2, -0.15) is 0 Å². The maximum Gasteiger partial charge on any atom is 0.220 e. The molecule has 0 spiro atoms. The van der Waals surface area contributed by atoms with Crippen LogP contribution in [-0.4, -0.2) is 17.7 Å². The second kappa shape index (κ2) is 7.39. The molecule has 0 aliphatic heterocycles. The highest BCUT2D eigenvalue weighted by Gasteiger charge is 2.22. The van der Waals surface area contributed by atoms with Crippen molar-refractivity contribution in [3.63, 3.8) is 0 Å². The van der Waals surface area contributed by atoms with Crippen molar-refractivity contribution in [2.75, 3.05) is 0 Å². The number of nitrogens with one attached hydrogen (secondary N) is 1. The summed E-state index contributed by atoms with van der Waals surface area (Å²) >= 11 is 0. The lowest BCUT2D eigenvalue weighted by molar-refractivity contribution is -0.122. The molecule has 1 aromatic carbocycles. The lowest BCUT2D eigenvalue weighted by Crippen LogP contribution is -2.41. The van der Waals surface area contributed by atoms with E-state index in [-0.39, 0.29) is 24.5 Å². The molecule has 1 aliphatic rings. The predicted octanol–water partition coefficient (Wildman–Crippen LogP) is 3.65. The van der Waals surface area contributed by atoms with E-state index in [0.29, 0.717) is 17.5 Å². The van der Waals surface area contributed by atoms with Crippen molar-refractivity contribution in [2.45, 2.75) is 58.4 Å². The van der Waals surface area contributed by atoms with E-state index in [1.54, 1.807) is 0 Å². The van der Waals surface area contributed by atoms with Crippen LogP contribution in [0.4, 0.5) is 0 Å². The monoisotopic (exact) mass is 287 g/mol. The zero-order valence-electron chi connectivity index (χ0n) is 13.0. The predicted molar refractivity (Wildman–Crippen MR) is 84.3 cm³/mol. The Kier molecular flexibility index (Phi) is 5.54. The third kappa shape index (κ3) is 4.69. The highest BCUT2D eigenvalue weighted by atomic mass is 16.2. The molecule has 1 N–H and O–H groups in total. The van der Waals surface area contributed by atoms with Crippen LogP contribution in [0.1, 0.15) is 61.4 Å². The molecule has 1 saturated carbocycles. The van der Waals surface area contributed by atoms with Gasteiger partial charge in [-0.25, -0.2) is 0 Å². The first-order chi connectivity index (χ1) is 10.1. The Morgan fingerprint density at radius 2 is 1.76 bits per heavy atom. The number of ketones is 1. The highest BCUT2D eigenvalue weighted by Crippen LogP contribution is 2.23. The standard InChI is InChI=1S/C18H25NO2/c1-13-7-9-15(10-8-13)17(20)11-12-18(21)19-16-6-4-3-5-14(16)2/h7-10,14,16H,3-6,11-12H2,1-2H3,(H,19,21). The van der Waals surface area contributed by atoms with Crippen molar-refractivity contribution in [1.29, 1.82) is 0 Å². The van der Waals surface area contributed by atoms with Gasteiger partial charge in [0.25, 0.3) is 0 Å².